The van der Waals surface area contributed by atoms with Crippen LogP contribution in [0.4, 0.5) is 5.69 Å². The monoisotopic (exact) mass is 301 g/mol. The van der Waals surface area contributed by atoms with Crippen LogP contribution in [-0.4, -0.2) is 26.8 Å². The lowest BCUT2D eigenvalue weighted by molar-refractivity contribution is 0.101. The van der Waals surface area contributed by atoms with Crippen LogP contribution in [0.2, 0.25) is 0 Å². The van der Waals surface area contributed by atoms with Gasteiger partial charge in [0.15, 0.2) is 5.78 Å². The van der Waals surface area contributed by atoms with E-state index in [2.05, 4.69) is 15.3 Å². The number of aromatic nitrogens is 2. The molecule has 6 nitrogen and oxygen atoms in total. The zero-order valence-electron chi connectivity index (χ0n) is 12.9. The maximum Gasteiger partial charge on any atom is 0.272 e. The molecule has 2 aromatic heterocycles. The number of carbonyl (C=O) groups excluding carboxylic acids is 2. The van der Waals surface area contributed by atoms with Gasteiger partial charge in [-0.3, -0.25) is 14.6 Å². The Labute approximate surface area is 128 Å². The summed E-state index contributed by atoms with van der Waals surface area (Å²) in [6.07, 6.45) is 3.60. The van der Waals surface area contributed by atoms with Crippen molar-refractivity contribution in [3.8, 4) is 0 Å². The van der Waals surface area contributed by atoms with Crippen molar-refractivity contribution in [3.63, 3.8) is 0 Å². The van der Waals surface area contributed by atoms with Crippen LogP contribution in [0.3, 0.4) is 0 Å². The minimum absolute atomic E-state index is 0.0675. The molecule has 2 rings (SSSR count). The normalized spacial score (nSPS) is 10.5. The van der Waals surface area contributed by atoms with Gasteiger partial charge < -0.3 is 15.4 Å². The predicted molar refractivity (Wildman–Crippen MR) is 83.0 cm³/mol. The number of nitrogens with zero attached hydrogens (tertiary/aromatic N) is 1. The molecule has 0 saturated carbocycles. The molecule has 0 aromatic carbocycles. The van der Waals surface area contributed by atoms with Gasteiger partial charge in [-0.05, 0) is 31.9 Å². The van der Waals surface area contributed by atoms with Gasteiger partial charge in [0.25, 0.3) is 5.91 Å². The van der Waals surface area contributed by atoms with Crippen LogP contribution in [0.1, 0.15) is 51.5 Å². The van der Waals surface area contributed by atoms with Crippen LogP contribution in [0.25, 0.3) is 0 Å². The van der Waals surface area contributed by atoms with Crippen molar-refractivity contribution in [3.05, 3.63) is 46.5 Å². The number of hydrogen-bond acceptors (Lipinski definition) is 4. The fourth-order valence-corrected chi connectivity index (χ4v) is 2.56. The number of amides is 1. The largest absolute Gasteiger partial charge is 0.392 e. The summed E-state index contributed by atoms with van der Waals surface area (Å²) in [5, 5.41) is 12.0. The highest BCUT2D eigenvalue weighted by atomic mass is 16.3. The fraction of sp³-hybridized carbons (Fsp3) is 0.312. The van der Waals surface area contributed by atoms with E-state index in [0.717, 1.165) is 0 Å². The van der Waals surface area contributed by atoms with Crippen LogP contribution >= 0.6 is 0 Å². The fourth-order valence-electron chi connectivity index (χ4n) is 2.56. The highest BCUT2D eigenvalue weighted by Crippen LogP contribution is 2.22. The Morgan fingerprint density at radius 1 is 1.41 bits per heavy atom. The van der Waals surface area contributed by atoms with E-state index in [-0.39, 0.29) is 18.3 Å². The molecule has 116 valence electrons. The topological polar surface area (TPSA) is 95.1 Å². The SMILES string of the molecule is CCc1c(C(=O)Nc2cnccc2CO)[nH]c(C)c1C(C)=O. The maximum absolute atomic E-state index is 12.5. The number of nitrogens with one attached hydrogen (secondary N) is 2. The Hall–Kier alpha value is -2.47. The summed E-state index contributed by atoms with van der Waals surface area (Å²) in [5.74, 6) is -0.419. The minimum Gasteiger partial charge on any atom is -0.392 e. The van der Waals surface area contributed by atoms with Crippen molar-refractivity contribution in [2.75, 3.05) is 5.32 Å². The molecule has 0 saturated heterocycles. The molecule has 2 aromatic rings. The Morgan fingerprint density at radius 2 is 2.14 bits per heavy atom. The van der Waals surface area contributed by atoms with Crippen molar-refractivity contribution < 1.29 is 14.7 Å². The molecule has 0 aliphatic heterocycles. The lowest BCUT2D eigenvalue weighted by atomic mass is 10.0. The third kappa shape index (κ3) is 2.92. The third-order valence-corrected chi connectivity index (χ3v) is 3.55. The first-order chi connectivity index (χ1) is 10.5. The average Bonchev–Trinajstić information content (AvgIpc) is 2.84. The minimum atomic E-state index is -0.352. The summed E-state index contributed by atoms with van der Waals surface area (Å²) in [4.78, 5) is 31.2. The highest BCUT2D eigenvalue weighted by molar-refractivity contribution is 6.07. The Morgan fingerprint density at radius 3 is 2.73 bits per heavy atom. The second kappa shape index (κ2) is 6.53. The van der Waals surface area contributed by atoms with Gasteiger partial charge in [0.1, 0.15) is 5.69 Å². The molecule has 0 spiro atoms. The first-order valence-corrected chi connectivity index (χ1v) is 7.07. The maximum atomic E-state index is 12.5. The molecule has 0 unspecified atom stereocenters. The van der Waals surface area contributed by atoms with Gasteiger partial charge in [-0.25, -0.2) is 0 Å². The van der Waals surface area contributed by atoms with E-state index in [1.54, 1.807) is 19.2 Å². The lowest BCUT2D eigenvalue weighted by Gasteiger charge is -2.09. The van der Waals surface area contributed by atoms with Gasteiger partial charge in [0, 0.05) is 23.0 Å². The van der Waals surface area contributed by atoms with Gasteiger partial charge in [0.05, 0.1) is 18.5 Å². The number of ketones is 1. The van der Waals surface area contributed by atoms with E-state index in [1.807, 2.05) is 6.92 Å². The summed E-state index contributed by atoms with van der Waals surface area (Å²) in [6.45, 7) is 4.97. The molecule has 0 atom stereocenters. The van der Waals surface area contributed by atoms with Crippen LogP contribution in [-0.2, 0) is 13.0 Å². The first kappa shape index (κ1) is 15.9. The zero-order chi connectivity index (χ0) is 16.3. The van der Waals surface area contributed by atoms with Crippen molar-refractivity contribution in [2.45, 2.75) is 33.8 Å². The number of hydrogen-bond donors (Lipinski definition) is 3. The Balaban J connectivity index is 2.38. The molecule has 22 heavy (non-hydrogen) atoms. The van der Waals surface area contributed by atoms with E-state index < -0.39 is 0 Å². The average molecular weight is 301 g/mol. The number of H-pyrrole nitrogens is 1. The molecule has 0 aliphatic rings. The molecular formula is C16H19N3O3. The number of anilines is 1. The van der Waals surface area contributed by atoms with Gasteiger partial charge in [-0.1, -0.05) is 6.92 Å². The number of aliphatic hydroxyl groups is 1. The molecule has 3 N–H and O–H groups in total. The third-order valence-electron chi connectivity index (χ3n) is 3.55. The summed E-state index contributed by atoms with van der Waals surface area (Å²) in [5.41, 5.74) is 3.37. The molecule has 0 radical (unpaired) electrons. The second-order valence-electron chi connectivity index (χ2n) is 5.03. The quantitative estimate of drug-likeness (QED) is 0.738. The molecule has 6 heteroatoms. The number of carbonyl (C=O) groups is 2. The molecule has 1 amide bonds. The van der Waals surface area contributed by atoms with Gasteiger partial charge in [-0.15, -0.1) is 0 Å². The van der Waals surface area contributed by atoms with Crippen molar-refractivity contribution in [2.24, 2.45) is 0 Å². The van der Waals surface area contributed by atoms with Crippen LogP contribution in [0.5, 0.6) is 0 Å². The van der Waals surface area contributed by atoms with E-state index in [9.17, 15) is 14.7 Å². The van der Waals surface area contributed by atoms with E-state index >= 15 is 0 Å². The number of rotatable bonds is 5. The lowest BCUT2D eigenvalue weighted by Crippen LogP contribution is -2.16. The van der Waals surface area contributed by atoms with Crippen molar-refractivity contribution >= 4 is 17.4 Å². The van der Waals surface area contributed by atoms with Gasteiger partial charge in [0.2, 0.25) is 0 Å². The number of Topliss-reactive ketones (excluding diaryl/α,β-unsaturated/α-hetero) is 1. The zero-order valence-corrected chi connectivity index (χ0v) is 12.9. The van der Waals surface area contributed by atoms with Crippen molar-refractivity contribution in [1.82, 2.24) is 9.97 Å². The first-order valence-electron chi connectivity index (χ1n) is 7.07. The molecule has 0 fully saturated rings. The van der Waals surface area contributed by atoms with E-state index in [4.69, 9.17) is 0 Å². The Kier molecular flexibility index (Phi) is 4.72. The molecule has 0 aliphatic carbocycles. The summed E-state index contributed by atoms with van der Waals surface area (Å²) < 4.78 is 0. The smallest absolute Gasteiger partial charge is 0.272 e. The highest BCUT2D eigenvalue weighted by Gasteiger charge is 2.22. The number of aliphatic hydroxyl groups excluding tert-OH is 1. The van der Waals surface area contributed by atoms with Gasteiger partial charge in [-0.2, -0.15) is 0 Å². The van der Waals surface area contributed by atoms with Crippen LogP contribution in [0.15, 0.2) is 18.5 Å². The molecular weight excluding hydrogens is 282 g/mol. The molecule has 0 bridgehead atoms. The number of aromatic amines is 1. The van der Waals surface area contributed by atoms with Gasteiger partial charge >= 0.3 is 0 Å². The Bertz CT molecular complexity index is 719. The molecule has 2 heterocycles. The number of aryl methyl sites for hydroxylation is 1. The van der Waals surface area contributed by atoms with Crippen LogP contribution < -0.4 is 5.32 Å². The second-order valence-corrected chi connectivity index (χ2v) is 5.03. The summed E-state index contributed by atoms with van der Waals surface area (Å²) >= 11 is 0. The van der Waals surface area contributed by atoms with Crippen molar-refractivity contribution in [1.29, 1.82) is 0 Å². The summed E-state index contributed by atoms with van der Waals surface area (Å²) in [6, 6.07) is 1.64. The van der Waals surface area contributed by atoms with Crippen LogP contribution in [0, 0.1) is 6.92 Å². The summed E-state index contributed by atoms with van der Waals surface area (Å²) in [7, 11) is 0. The van der Waals surface area contributed by atoms with E-state index in [0.29, 0.717) is 40.2 Å². The van der Waals surface area contributed by atoms with E-state index in [1.165, 1.54) is 13.1 Å². The number of pyridine rings is 1. The standard InChI is InChI=1S/C16H19N3O3/c1-4-12-14(10(3)21)9(2)18-15(12)16(22)19-13-7-17-6-5-11(13)8-20/h5-7,18,20H,4,8H2,1-3H3,(H,19,22). The predicted octanol–water partition coefficient (Wildman–Crippen LogP) is 2.23.